The van der Waals surface area contributed by atoms with Gasteiger partial charge in [0.05, 0.1) is 5.69 Å². The maximum atomic E-state index is 6.68. The van der Waals surface area contributed by atoms with Crippen LogP contribution in [0.25, 0.3) is 98.8 Å². The first-order chi connectivity index (χ1) is 30.7. The first kappa shape index (κ1) is 35.7. The van der Waals surface area contributed by atoms with Crippen LogP contribution in [0.3, 0.4) is 0 Å². The molecule has 0 atom stereocenters. The minimum atomic E-state index is 0.880. The fourth-order valence-corrected chi connectivity index (χ4v) is 9.42. The first-order valence-corrected chi connectivity index (χ1v) is 21.2. The SMILES string of the molecule is c1cc(-c2ccc(N(c3ccc(-c4cccc5ccccc45)cc3)c3ccccc3-c3cccc4oc5c6ccccc6ccc5c34)cc2)cc(-c2ccc3ccccc3c2)c1. The molecule has 0 aliphatic carbocycles. The van der Waals surface area contributed by atoms with Crippen molar-refractivity contribution >= 4 is 71.3 Å². The van der Waals surface area contributed by atoms with Gasteiger partial charge in [-0.3, -0.25) is 0 Å². The van der Waals surface area contributed by atoms with Crippen LogP contribution >= 0.6 is 0 Å². The summed E-state index contributed by atoms with van der Waals surface area (Å²) in [6.07, 6.45) is 0. The van der Waals surface area contributed by atoms with Gasteiger partial charge in [-0.25, -0.2) is 0 Å². The molecule has 0 saturated heterocycles. The topological polar surface area (TPSA) is 16.4 Å². The molecular formula is C60H39NO. The Morgan fingerprint density at radius 3 is 1.63 bits per heavy atom. The molecule has 0 bridgehead atoms. The number of furan rings is 1. The van der Waals surface area contributed by atoms with Crippen molar-refractivity contribution in [1.82, 2.24) is 0 Å². The summed E-state index contributed by atoms with van der Waals surface area (Å²) in [6.45, 7) is 0. The van der Waals surface area contributed by atoms with Crippen LogP contribution in [0, 0.1) is 0 Å². The lowest BCUT2D eigenvalue weighted by Crippen LogP contribution is -2.11. The van der Waals surface area contributed by atoms with E-state index >= 15 is 0 Å². The molecule has 1 aromatic heterocycles. The summed E-state index contributed by atoms with van der Waals surface area (Å²) in [4.78, 5) is 2.40. The van der Waals surface area contributed by atoms with Crippen molar-refractivity contribution in [2.45, 2.75) is 0 Å². The van der Waals surface area contributed by atoms with E-state index in [9.17, 15) is 0 Å². The van der Waals surface area contributed by atoms with Crippen molar-refractivity contribution in [3.05, 3.63) is 237 Å². The van der Waals surface area contributed by atoms with Crippen molar-refractivity contribution < 1.29 is 4.42 Å². The quantitative estimate of drug-likeness (QED) is 0.160. The maximum absolute atomic E-state index is 6.68. The monoisotopic (exact) mass is 789 g/mol. The van der Waals surface area contributed by atoms with Crippen molar-refractivity contribution in [1.29, 1.82) is 0 Å². The van der Waals surface area contributed by atoms with E-state index in [4.69, 9.17) is 4.42 Å². The van der Waals surface area contributed by atoms with E-state index in [-0.39, 0.29) is 0 Å². The molecule has 0 radical (unpaired) electrons. The Bertz CT molecular complexity index is 3630. The van der Waals surface area contributed by atoms with E-state index < -0.39 is 0 Å². The second kappa shape index (κ2) is 14.8. The molecule has 0 N–H and O–H groups in total. The lowest BCUT2D eigenvalue weighted by Gasteiger charge is -2.28. The smallest absolute Gasteiger partial charge is 0.143 e. The molecule has 0 fully saturated rings. The van der Waals surface area contributed by atoms with E-state index in [1.807, 2.05) is 0 Å². The number of fused-ring (bicyclic) bond motifs is 7. The second-order valence-electron chi connectivity index (χ2n) is 16.1. The van der Waals surface area contributed by atoms with Crippen molar-refractivity contribution in [3.8, 4) is 44.5 Å². The lowest BCUT2D eigenvalue weighted by atomic mass is 9.95. The summed E-state index contributed by atoms with van der Waals surface area (Å²) in [5, 5.41) is 9.51. The van der Waals surface area contributed by atoms with E-state index in [2.05, 4.69) is 241 Å². The van der Waals surface area contributed by atoms with Crippen molar-refractivity contribution in [2.24, 2.45) is 0 Å². The Morgan fingerprint density at radius 2 is 0.823 bits per heavy atom. The molecule has 0 unspecified atom stereocenters. The molecule has 2 nitrogen and oxygen atoms in total. The average molecular weight is 790 g/mol. The molecule has 62 heavy (non-hydrogen) atoms. The zero-order valence-corrected chi connectivity index (χ0v) is 33.9. The third-order valence-electron chi connectivity index (χ3n) is 12.5. The molecule has 2 heteroatoms. The van der Waals surface area contributed by atoms with Crippen molar-refractivity contribution in [3.63, 3.8) is 0 Å². The second-order valence-corrected chi connectivity index (χ2v) is 16.1. The van der Waals surface area contributed by atoms with Crippen molar-refractivity contribution in [2.75, 3.05) is 4.90 Å². The molecule has 0 spiro atoms. The van der Waals surface area contributed by atoms with Crippen LogP contribution in [0.1, 0.15) is 0 Å². The highest BCUT2D eigenvalue weighted by Gasteiger charge is 2.21. The summed E-state index contributed by atoms with van der Waals surface area (Å²) < 4.78 is 6.68. The Hall–Kier alpha value is -8.20. The van der Waals surface area contributed by atoms with Gasteiger partial charge in [-0.1, -0.05) is 182 Å². The van der Waals surface area contributed by atoms with Crippen LogP contribution in [-0.4, -0.2) is 0 Å². The van der Waals surface area contributed by atoms with E-state index in [0.29, 0.717) is 0 Å². The van der Waals surface area contributed by atoms with Crippen LogP contribution in [-0.2, 0) is 0 Å². The van der Waals surface area contributed by atoms with Crippen LogP contribution in [0.4, 0.5) is 17.1 Å². The molecule has 1 heterocycles. The predicted molar refractivity (Wildman–Crippen MR) is 263 cm³/mol. The highest BCUT2D eigenvalue weighted by atomic mass is 16.3. The number of nitrogens with zero attached hydrogens (tertiary/aromatic N) is 1. The summed E-state index contributed by atoms with van der Waals surface area (Å²) in [7, 11) is 0. The van der Waals surface area contributed by atoms with Crippen LogP contribution in [0.5, 0.6) is 0 Å². The van der Waals surface area contributed by atoms with Crippen LogP contribution in [0.2, 0.25) is 0 Å². The van der Waals surface area contributed by atoms with Gasteiger partial charge >= 0.3 is 0 Å². The molecule has 0 saturated carbocycles. The Kier molecular flexibility index (Phi) is 8.53. The largest absolute Gasteiger partial charge is 0.455 e. The zero-order valence-electron chi connectivity index (χ0n) is 33.9. The number of rotatable bonds is 7. The summed E-state index contributed by atoms with van der Waals surface area (Å²) in [6, 6.07) is 85.5. The molecule has 0 aliphatic rings. The third kappa shape index (κ3) is 6.12. The standard InChI is InChI=1S/C60H39NO/c1-2-15-45-39-48(27-26-40(45)12-1)47-18-9-17-46(38-47)41-28-33-49(34-29-41)61(50-35-30-44(31-36-50)52-22-10-16-42-13-3-5-19-51(42)52)57-24-8-7-21-54(57)55-23-11-25-58-59(55)56-37-32-43-14-4-6-20-53(43)60(56)62-58/h1-39H. The summed E-state index contributed by atoms with van der Waals surface area (Å²) in [5.74, 6) is 0. The molecule has 290 valence electrons. The Morgan fingerprint density at radius 1 is 0.290 bits per heavy atom. The fraction of sp³-hybridized carbons (Fsp3) is 0. The third-order valence-corrected chi connectivity index (χ3v) is 12.5. The van der Waals surface area contributed by atoms with E-state index in [1.165, 1.54) is 54.7 Å². The molecular weight excluding hydrogens is 751 g/mol. The molecule has 12 rings (SSSR count). The summed E-state index contributed by atoms with van der Waals surface area (Å²) in [5.41, 5.74) is 14.4. The van der Waals surface area contributed by atoms with Gasteiger partial charge in [0.25, 0.3) is 0 Å². The van der Waals surface area contributed by atoms with E-state index in [1.54, 1.807) is 0 Å². The minimum absolute atomic E-state index is 0.880. The minimum Gasteiger partial charge on any atom is -0.455 e. The maximum Gasteiger partial charge on any atom is 0.143 e. The predicted octanol–water partition coefficient (Wildman–Crippen LogP) is 17.2. The highest BCUT2D eigenvalue weighted by molar-refractivity contribution is 6.19. The van der Waals surface area contributed by atoms with Crippen LogP contribution < -0.4 is 4.90 Å². The number of benzene rings is 11. The van der Waals surface area contributed by atoms with Gasteiger partial charge in [0.2, 0.25) is 0 Å². The van der Waals surface area contributed by atoms with Gasteiger partial charge in [-0.2, -0.15) is 0 Å². The fourth-order valence-electron chi connectivity index (χ4n) is 9.42. The highest BCUT2D eigenvalue weighted by Crippen LogP contribution is 2.46. The van der Waals surface area contributed by atoms with Gasteiger partial charge < -0.3 is 9.32 Å². The molecule has 12 aromatic rings. The van der Waals surface area contributed by atoms with Gasteiger partial charge in [-0.15, -0.1) is 0 Å². The molecule has 11 aromatic carbocycles. The molecule has 0 aliphatic heterocycles. The first-order valence-electron chi connectivity index (χ1n) is 21.2. The number of hydrogen-bond donors (Lipinski definition) is 0. The number of anilines is 3. The normalized spacial score (nSPS) is 11.5. The van der Waals surface area contributed by atoms with Gasteiger partial charge in [0.1, 0.15) is 11.2 Å². The van der Waals surface area contributed by atoms with Gasteiger partial charge in [0.15, 0.2) is 0 Å². The van der Waals surface area contributed by atoms with Crippen LogP contribution in [0.15, 0.2) is 241 Å². The zero-order chi connectivity index (χ0) is 41.0. The number of hydrogen-bond acceptors (Lipinski definition) is 2. The Labute approximate surface area is 360 Å². The van der Waals surface area contributed by atoms with Gasteiger partial charge in [-0.05, 0) is 120 Å². The summed E-state index contributed by atoms with van der Waals surface area (Å²) >= 11 is 0. The Balaban J connectivity index is 0.994. The molecule has 0 amide bonds. The lowest BCUT2D eigenvalue weighted by molar-refractivity contribution is 0.673. The average Bonchev–Trinajstić information content (AvgIpc) is 3.74. The number of para-hydroxylation sites is 1. The van der Waals surface area contributed by atoms with Gasteiger partial charge in [0, 0.05) is 33.1 Å². The van der Waals surface area contributed by atoms with E-state index in [0.717, 1.165) is 61.1 Å².